The second-order valence-corrected chi connectivity index (χ2v) is 17.0. The van der Waals surface area contributed by atoms with Crippen LogP contribution in [0.25, 0.3) is 16.7 Å². The summed E-state index contributed by atoms with van der Waals surface area (Å²) < 4.78 is 5.38. The first kappa shape index (κ1) is 55.7. The van der Waals surface area contributed by atoms with Crippen LogP contribution in [-0.2, 0) is 24.0 Å². The van der Waals surface area contributed by atoms with Crippen LogP contribution < -0.4 is 16.7 Å². The summed E-state index contributed by atoms with van der Waals surface area (Å²) in [6.07, 6.45) is 9.07. The number of aromatic amines is 3. The normalized spacial score (nSPS) is 19.9. The molecular weight excluding hydrogens is 909 g/mol. The lowest BCUT2D eigenvalue weighted by molar-refractivity contribution is -0.0126. The first-order valence-corrected chi connectivity index (χ1v) is 21.0. The van der Waals surface area contributed by atoms with Gasteiger partial charge in [-0.1, -0.05) is 18.2 Å². The van der Waals surface area contributed by atoms with Gasteiger partial charge in [0.05, 0.1) is 86.8 Å². The van der Waals surface area contributed by atoms with E-state index in [9.17, 15) is 54.9 Å². The summed E-state index contributed by atoms with van der Waals surface area (Å²) in [6.45, 7) is 3.03. The Morgan fingerprint density at radius 1 is 0.697 bits per heavy atom. The van der Waals surface area contributed by atoms with Gasteiger partial charge in [0.1, 0.15) is 5.60 Å². The lowest BCUT2D eigenvalue weighted by Gasteiger charge is -2.37. The van der Waals surface area contributed by atoms with Gasteiger partial charge in [-0.2, -0.15) is 0 Å². The highest BCUT2D eigenvalue weighted by Gasteiger charge is 2.44. The number of nitrogens with zero attached hydrogens (tertiary/aromatic N) is 4. The Kier molecular flexibility index (Phi) is 21.0. The molecule has 1 amide bonds. The highest BCUT2D eigenvalue weighted by atomic mass is 35.5. The maximum absolute atomic E-state index is 12.7. The Bertz CT molecular complexity index is 2360. The van der Waals surface area contributed by atoms with Gasteiger partial charge in [0.15, 0.2) is 0 Å². The van der Waals surface area contributed by atoms with E-state index in [2.05, 4.69) is 29.9 Å². The number of carbonyl (C=O) groups excluding carboxylic acids is 1. The Labute approximate surface area is 391 Å². The highest BCUT2D eigenvalue weighted by molar-refractivity contribution is 5.85. The Hall–Kier alpha value is -4.65. The van der Waals surface area contributed by atoms with E-state index in [-0.39, 0.29) is 91.6 Å². The molecule has 4 aliphatic carbocycles. The number of allylic oxidation sites excluding steroid dienone is 3. The third-order valence-corrected chi connectivity index (χ3v) is 11.8. The number of hydrogen-bond acceptors (Lipinski definition) is 17. The summed E-state index contributed by atoms with van der Waals surface area (Å²) in [6, 6.07) is -1.90. The van der Waals surface area contributed by atoms with Gasteiger partial charge in [0.25, 0.3) is 16.7 Å². The Morgan fingerprint density at radius 2 is 1.18 bits per heavy atom. The van der Waals surface area contributed by atoms with Gasteiger partial charge in [-0.25, -0.2) is 19.7 Å². The zero-order valence-corrected chi connectivity index (χ0v) is 38.4. The molecule has 0 saturated heterocycles. The molecule has 6 atom stereocenters. The molecule has 0 aromatic carbocycles. The number of nitrogens with one attached hydrogen (secondary N) is 3. The fraction of sp³-hybridized carbons (Fsp3) is 0.558. The van der Waals surface area contributed by atoms with Crippen LogP contribution >= 0.6 is 24.8 Å². The summed E-state index contributed by atoms with van der Waals surface area (Å²) in [5.74, 6) is -1.10. The van der Waals surface area contributed by atoms with Gasteiger partial charge in [0.2, 0.25) is 0 Å². The summed E-state index contributed by atoms with van der Waals surface area (Å²) in [4.78, 5) is 69.1. The molecular formula is C43H61Cl2N7O14. The number of ether oxygens (including phenoxy) is 1. The molecule has 1 fully saturated rings. The molecule has 12 N–H and O–H groups in total. The molecule has 23 heteroatoms. The van der Waals surface area contributed by atoms with Crippen LogP contribution in [0.4, 0.5) is 4.79 Å². The first-order chi connectivity index (χ1) is 30.6. The number of aromatic nitrogens is 6. The molecule has 3 aromatic heterocycles. The topological polar surface area (TPSA) is 349 Å². The number of aliphatic hydroxyl groups is 9. The minimum Gasteiger partial charge on any atom is -0.444 e. The maximum atomic E-state index is 12.7. The maximum Gasteiger partial charge on any atom is 0.411 e. The molecule has 366 valence electrons. The van der Waals surface area contributed by atoms with Crippen LogP contribution in [0.3, 0.4) is 0 Å². The number of fused-ring (bicyclic) bond motifs is 3. The monoisotopic (exact) mass is 969 g/mol. The number of carbonyl (C=O) groups is 1. The summed E-state index contributed by atoms with van der Waals surface area (Å²) in [7, 11) is 0. The number of aliphatic hydroxyl groups excluding tert-OH is 9. The number of amides is 1. The quantitative estimate of drug-likeness (QED) is 0.0910. The first-order valence-electron chi connectivity index (χ1n) is 21.0. The SMILES string of the molecule is CC(C)(C)OC(=O)N(C(CO)CO)[C@H](CO)C1=CCc2c1nc[nH]c2=O.Cl.Cl.O=c1[nH]cnc2c1CC=C2[C@@H](CO)CC(CO)CO.O=c1[nH]cnc2c1CC=C2[C@@H]1C[C@H](CO)[C@@H](O)[C@H]1O. The minimum atomic E-state index is -0.978. The van der Waals surface area contributed by atoms with Crippen LogP contribution in [0.5, 0.6) is 0 Å². The van der Waals surface area contributed by atoms with Crippen molar-refractivity contribution < 1.29 is 55.5 Å². The molecule has 3 heterocycles. The van der Waals surface area contributed by atoms with Crippen LogP contribution in [0, 0.1) is 23.7 Å². The van der Waals surface area contributed by atoms with E-state index in [0.29, 0.717) is 71.4 Å². The second kappa shape index (κ2) is 24.9. The van der Waals surface area contributed by atoms with Crippen LogP contribution in [0.15, 0.2) is 51.6 Å². The average molecular weight is 971 g/mol. The van der Waals surface area contributed by atoms with Gasteiger partial charge in [-0.15, -0.1) is 24.8 Å². The van der Waals surface area contributed by atoms with Crippen molar-refractivity contribution in [3.63, 3.8) is 0 Å². The van der Waals surface area contributed by atoms with Gasteiger partial charge < -0.3 is 65.6 Å². The summed E-state index contributed by atoms with van der Waals surface area (Å²) in [5, 5.41) is 86.1. The zero-order chi connectivity index (χ0) is 46.9. The van der Waals surface area contributed by atoms with E-state index >= 15 is 0 Å². The fourth-order valence-electron chi connectivity index (χ4n) is 8.45. The number of H-pyrrole nitrogens is 3. The van der Waals surface area contributed by atoms with Crippen molar-refractivity contribution in [3.05, 3.63) is 102 Å². The van der Waals surface area contributed by atoms with E-state index in [0.717, 1.165) is 16.0 Å². The molecule has 3 aromatic rings. The van der Waals surface area contributed by atoms with E-state index in [1.807, 2.05) is 12.2 Å². The van der Waals surface area contributed by atoms with Gasteiger partial charge in [-0.3, -0.25) is 19.3 Å². The molecule has 1 saturated carbocycles. The van der Waals surface area contributed by atoms with Gasteiger partial charge in [-0.05, 0) is 69.6 Å². The third-order valence-electron chi connectivity index (χ3n) is 11.8. The van der Waals surface area contributed by atoms with Crippen molar-refractivity contribution in [3.8, 4) is 0 Å². The van der Waals surface area contributed by atoms with Crippen molar-refractivity contribution in [2.75, 3.05) is 46.2 Å². The predicted molar refractivity (Wildman–Crippen MR) is 245 cm³/mol. The largest absolute Gasteiger partial charge is 0.444 e. The molecule has 0 radical (unpaired) electrons. The standard InChI is InChI=1S/C17H25N3O6.C13H16N2O4.C13H18N2O4.2ClH/c1-17(2,3)26-16(25)20(10(6-21)7-22)13(8-23)11-4-5-12-14(11)18-9-19-15(12)24;16-4-6-3-9(12(18)11(6)17)7-1-2-8-10(7)14-5-15-13(8)19;16-4-8(5-17)3-9(6-18)10-1-2-11-12(10)14-7-15-13(11)19;;/h4,9-10,13,21-23H,5-8H2,1-3H3,(H,18,19,24);1,5-6,9,11-12,16-18H,2-4H2,(H,14,15,19);1,7-9,16-18H,2-6H2,(H,14,15,19);2*1H/t13-;6-,9+,11-,12+;9-;;/m111../s1. The number of hydrogen-bond donors (Lipinski definition) is 12. The van der Waals surface area contributed by atoms with Crippen LogP contribution in [0.2, 0.25) is 0 Å². The minimum absolute atomic E-state index is 0. The highest BCUT2D eigenvalue weighted by Crippen LogP contribution is 2.42. The summed E-state index contributed by atoms with van der Waals surface area (Å²) in [5.41, 5.74) is 3.97. The lowest BCUT2D eigenvalue weighted by Crippen LogP contribution is -2.53. The van der Waals surface area contributed by atoms with Crippen molar-refractivity contribution in [2.24, 2.45) is 23.7 Å². The summed E-state index contributed by atoms with van der Waals surface area (Å²) >= 11 is 0. The molecule has 0 bridgehead atoms. The second-order valence-electron chi connectivity index (χ2n) is 17.0. The van der Waals surface area contributed by atoms with Crippen molar-refractivity contribution in [1.82, 2.24) is 34.8 Å². The van der Waals surface area contributed by atoms with E-state index in [1.165, 1.54) is 19.0 Å². The van der Waals surface area contributed by atoms with E-state index in [1.54, 1.807) is 26.8 Å². The van der Waals surface area contributed by atoms with E-state index in [4.69, 9.17) is 14.9 Å². The van der Waals surface area contributed by atoms with Crippen molar-refractivity contribution in [2.45, 2.75) is 82.8 Å². The number of rotatable bonds is 14. The predicted octanol–water partition coefficient (Wildman–Crippen LogP) is -1.13. The molecule has 66 heavy (non-hydrogen) atoms. The molecule has 0 spiro atoms. The Morgan fingerprint density at radius 3 is 1.64 bits per heavy atom. The lowest BCUT2D eigenvalue weighted by atomic mass is 9.89. The molecule has 0 aliphatic heterocycles. The molecule has 21 nitrogen and oxygen atoms in total. The van der Waals surface area contributed by atoms with Crippen molar-refractivity contribution >= 4 is 47.6 Å². The molecule has 7 rings (SSSR count). The number of halogens is 2. The van der Waals surface area contributed by atoms with Gasteiger partial charge in [0, 0.05) is 60.2 Å². The van der Waals surface area contributed by atoms with Crippen molar-refractivity contribution in [1.29, 1.82) is 0 Å². The van der Waals surface area contributed by atoms with E-state index < -0.39 is 55.8 Å². The van der Waals surface area contributed by atoms with Crippen LogP contribution in [0.1, 0.15) is 67.4 Å². The average Bonchev–Trinajstić information content (AvgIpc) is 4.08. The fourth-order valence-corrected chi connectivity index (χ4v) is 8.45. The molecule has 4 aliphatic rings. The third kappa shape index (κ3) is 12.5. The van der Waals surface area contributed by atoms with Crippen LogP contribution in [-0.4, -0.2) is 163 Å². The Balaban J connectivity index is 0.000000263. The zero-order valence-electron chi connectivity index (χ0n) is 36.7. The van der Waals surface area contributed by atoms with Gasteiger partial charge >= 0.3 is 6.09 Å². The smallest absolute Gasteiger partial charge is 0.411 e. The molecule has 0 unspecified atom stereocenters.